The first kappa shape index (κ1) is 19.0. The zero-order valence-corrected chi connectivity index (χ0v) is 15.8. The van der Waals surface area contributed by atoms with Crippen molar-refractivity contribution in [2.24, 2.45) is 0 Å². The molecule has 0 saturated carbocycles. The molecule has 0 fully saturated rings. The van der Waals surface area contributed by atoms with E-state index < -0.39 is 17.7 Å². The van der Waals surface area contributed by atoms with Gasteiger partial charge in [-0.1, -0.05) is 48.9 Å². The highest BCUT2D eigenvalue weighted by Gasteiger charge is 2.25. The zero-order chi connectivity index (χ0) is 19.4. The molecular formula is C21H19ClO5. The van der Waals surface area contributed by atoms with Crippen LogP contribution in [0.4, 0.5) is 0 Å². The van der Waals surface area contributed by atoms with Crippen molar-refractivity contribution in [3.05, 3.63) is 75.1 Å². The first-order valence-corrected chi connectivity index (χ1v) is 9.05. The molecule has 0 radical (unpaired) electrons. The summed E-state index contributed by atoms with van der Waals surface area (Å²) < 4.78 is 16.3. The van der Waals surface area contributed by atoms with Crippen molar-refractivity contribution >= 4 is 28.5 Å². The van der Waals surface area contributed by atoms with Crippen molar-refractivity contribution in [3.63, 3.8) is 0 Å². The average Bonchev–Trinajstić information content (AvgIpc) is 2.67. The van der Waals surface area contributed by atoms with Crippen LogP contribution in [0.25, 0.3) is 11.0 Å². The third-order valence-electron chi connectivity index (χ3n) is 4.11. The predicted molar refractivity (Wildman–Crippen MR) is 103 cm³/mol. The molecule has 0 aliphatic carbocycles. The molecule has 3 aromatic rings. The first-order chi connectivity index (χ1) is 13.0. The van der Waals surface area contributed by atoms with E-state index in [0.717, 1.165) is 10.9 Å². The number of benzene rings is 2. The van der Waals surface area contributed by atoms with E-state index in [1.54, 1.807) is 37.3 Å². The van der Waals surface area contributed by atoms with Crippen molar-refractivity contribution in [2.45, 2.75) is 26.4 Å². The molecule has 140 valence electrons. The lowest BCUT2D eigenvalue weighted by Gasteiger charge is -2.19. The highest BCUT2D eigenvalue weighted by molar-refractivity contribution is 6.32. The monoisotopic (exact) mass is 386 g/mol. The summed E-state index contributed by atoms with van der Waals surface area (Å²) in [6.07, 6.45) is -0.323. The lowest BCUT2D eigenvalue weighted by Crippen LogP contribution is -2.21. The lowest BCUT2D eigenvalue weighted by molar-refractivity contribution is -0.151. The van der Waals surface area contributed by atoms with E-state index in [1.165, 1.54) is 12.1 Å². The highest BCUT2D eigenvalue weighted by Crippen LogP contribution is 2.34. The second kappa shape index (κ2) is 8.27. The van der Waals surface area contributed by atoms with E-state index in [-0.39, 0.29) is 12.4 Å². The number of hydrogen-bond donors (Lipinski definition) is 0. The summed E-state index contributed by atoms with van der Waals surface area (Å²) in [4.78, 5) is 24.2. The molecule has 0 N–H and O–H groups in total. The fourth-order valence-electron chi connectivity index (χ4n) is 2.84. The quantitative estimate of drug-likeness (QED) is 0.454. The number of carbonyl (C=O) groups is 1. The highest BCUT2D eigenvalue weighted by atomic mass is 35.5. The Kier molecular flexibility index (Phi) is 5.81. The maximum Gasteiger partial charge on any atom is 0.352 e. The van der Waals surface area contributed by atoms with Crippen molar-refractivity contribution < 1.29 is 18.7 Å². The molecular weight excluding hydrogens is 368 g/mol. The first-order valence-electron chi connectivity index (χ1n) is 8.68. The molecule has 0 unspecified atom stereocenters. The Morgan fingerprint density at radius 3 is 2.56 bits per heavy atom. The van der Waals surface area contributed by atoms with Crippen molar-refractivity contribution in [1.29, 1.82) is 0 Å². The van der Waals surface area contributed by atoms with Crippen LogP contribution in [0.1, 0.15) is 31.1 Å². The molecule has 0 amide bonds. The average molecular weight is 387 g/mol. The van der Waals surface area contributed by atoms with Gasteiger partial charge in [-0.05, 0) is 25.0 Å². The summed E-state index contributed by atoms with van der Waals surface area (Å²) in [6.45, 7) is 3.90. The maximum atomic E-state index is 12.4. The van der Waals surface area contributed by atoms with Crippen LogP contribution < -0.4 is 10.4 Å². The number of carbonyl (C=O) groups excluding carboxylic acids is 1. The summed E-state index contributed by atoms with van der Waals surface area (Å²) in [5.74, 6) is -0.286. The van der Waals surface area contributed by atoms with Gasteiger partial charge in [0.1, 0.15) is 11.3 Å². The molecule has 3 rings (SSSR count). The van der Waals surface area contributed by atoms with Crippen LogP contribution in [-0.4, -0.2) is 12.6 Å². The third kappa shape index (κ3) is 4.14. The number of ether oxygens (including phenoxy) is 2. The summed E-state index contributed by atoms with van der Waals surface area (Å²) in [6, 6.07) is 13.7. The van der Waals surface area contributed by atoms with Gasteiger partial charge in [0.15, 0.2) is 0 Å². The van der Waals surface area contributed by atoms with E-state index in [4.69, 9.17) is 25.5 Å². The van der Waals surface area contributed by atoms with Gasteiger partial charge in [-0.2, -0.15) is 0 Å². The van der Waals surface area contributed by atoms with Gasteiger partial charge in [0.2, 0.25) is 6.10 Å². The topological polar surface area (TPSA) is 65.7 Å². The normalized spacial score (nSPS) is 12.0. The molecule has 0 saturated heterocycles. The largest absolute Gasteiger partial charge is 0.472 e. The minimum atomic E-state index is -0.984. The Bertz CT molecular complexity index is 1010. The van der Waals surface area contributed by atoms with Crippen LogP contribution >= 0.6 is 11.6 Å². The molecule has 1 aromatic heterocycles. The Morgan fingerprint density at radius 1 is 1.15 bits per heavy atom. The predicted octanol–water partition coefficient (Wildman–Crippen LogP) is 4.69. The summed E-state index contributed by atoms with van der Waals surface area (Å²) >= 11 is 6.39. The zero-order valence-electron chi connectivity index (χ0n) is 15.0. The van der Waals surface area contributed by atoms with Crippen LogP contribution in [0.15, 0.2) is 57.7 Å². The van der Waals surface area contributed by atoms with Crippen LogP contribution in [0.3, 0.4) is 0 Å². The second-order valence-corrected chi connectivity index (χ2v) is 6.29. The number of halogens is 1. The molecule has 27 heavy (non-hydrogen) atoms. The smallest absolute Gasteiger partial charge is 0.352 e. The number of esters is 1. The number of aryl methyl sites for hydroxylation is 1. The van der Waals surface area contributed by atoms with Crippen LogP contribution in [0.2, 0.25) is 5.02 Å². The molecule has 2 aromatic carbocycles. The molecule has 5 nitrogen and oxygen atoms in total. The summed E-state index contributed by atoms with van der Waals surface area (Å²) in [5.41, 5.74) is 1.38. The minimum Gasteiger partial charge on any atom is -0.472 e. The molecule has 1 heterocycles. The number of fused-ring (bicyclic) bond motifs is 1. The van der Waals surface area contributed by atoms with Gasteiger partial charge < -0.3 is 13.9 Å². The maximum absolute atomic E-state index is 12.4. The molecule has 0 aliphatic heterocycles. The molecule has 0 spiro atoms. The van der Waals surface area contributed by atoms with E-state index in [0.29, 0.717) is 22.6 Å². The van der Waals surface area contributed by atoms with Crippen molar-refractivity contribution in [2.75, 3.05) is 6.61 Å². The fraction of sp³-hybridized carbons (Fsp3) is 0.238. The minimum absolute atomic E-state index is 0.228. The third-order valence-corrected chi connectivity index (χ3v) is 4.41. The summed E-state index contributed by atoms with van der Waals surface area (Å²) in [5, 5.41) is 1.05. The molecule has 0 bridgehead atoms. The van der Waals surface area contributed by atoms with Gasteiger partial charge in [0.25, 0.3) is 0 Å². The standard InChI is InChI=1S/C21H19ClO5/c1-3-13-10-19(23)26-17-12-18(16(22)11-15(13)17)27-20(21(24)25-4-2)14-8-6-5-7-9-14/h5-12,20H,3-4H2,1-2H3/t20-/m0/s1. The Morgan fingerprint density at radius 2 is 1.89 bits per heavy atom. The van der Waals surface area contributed by atoms with Gasteiger partial charge in [0, 0.05) is 23.1 Å². The van der Waals surface area contributed by atoms with Gasteiger partial charge in [-0.3, -0.25) is 0 Å². The van der Waals surface area contributed by atoms with Crippen molar-refractivity contribution in [1.82, 2.24) is 0 Å². The Balaban J connectivity index is 2.05. The number of hydrogen-bond acceptors (Lipinski definition) is 5. The van der Waals surface area contributed by atoms with Gasteiger partial charge >= 0.3 is 11.6 Å². The summed E-state index contributed by atoms with van der Waals surface area (Å²) in [7, 11) is 0. The van der Waals surface area contributed by atoms with Gasteiger partial charge in [-0.15, -0.1) is 0 Å². The van der Waals surface area contributed by atoms with Crippen LogP contribution in [-0.2, 0) is 16.0 Å². The van der Waals surface area contributed by atoms with Gasteiger partial charge in [0.05, 0.1) is 11.6 Å². The van der Waals surface area contributed by atoms with Gasteiger partial charge in [-0.25, -0.2) is 9.59 Å². The molecule has 6 heteroatoms. The van der Waals surface area contributed by atoms with Crippen molar-refractivity contribution in [3.8, 4) is 5.75 Å². The van der Waals surface area contributed by atoms with E-state index >= 15 is 0 Å². The van der Waals surface area contributed by atoms with Crippen LogP contribution in [0.5, 0.6) is 5.75 Å². The van der Waals surface area contributed by atoms with E-state index in [1.807, 2.05) is 13.0 Å². The fourth-order valence-corrected chi connectivity index (χ4v) is 3.04. The lowest BCUT2D eigenvalue weighted by atomic mass is 10.1. The number of rotatable bonds is 6. The van der Waals surface area contributed by atoms with E-state index in [2.05, 4.69) is 0 Å². The Hall–Kier alpha value is -2.79. The molecule has 1 atom stereocenters. The van der Waals surface area contributed by atoms with E-state index in [9.17, 15) is 9.59 Å². The van der Waals surface area contributed by atoms with Crippen LogP contribution in [0, 0.1) is 0 Å². The SMILES string of the molecule is CCOC(=O)[C@@H](Oc1cc2oc(=O)cc(CC)c2cc1Cl)c1ccccc1. The molecule has 0 aliphatic rings. The second-order valence-electron chi connectivity index (χ2n) is 5.88. The Labute approximate surface area is 161 Å².